The molecule has 0 saturated heterocycles. The number of rotatable bonds is 4. The smallest absolute Gasteiger partial charge is 0.0608 e. The van der Waals surface area contributed by atoms with Gasteiger partial charge in [-0.2, -0.15) is 0 Å². The first-order valence-electron chi connectivity index (χ1n) is 8.48. The van der Waals surface area contributed by atoms with Gasteiger partial charge < -0.3 is 4.74 Å². The zero-order valence-electron chi connectivity index (χ0n) is 13.5. The van der Waals surface area contributed by atoms with E-state index in [4.69, 9.17) is 4.74 Å². The quantitative estimate of drug-likeness (QED) is 0.741. The summed E-state index contributed by atoms with van der Waals surface area (Å²) in [5, 5.41) is 0. The Labute approximate surface area is 133 Å². The fourth-order valence-electron chi connectivity index (χ4n) is 3.91. The fraction of sp³-hybridized carbons (Fsp3) is 0.684. The second kappa shape index (κ2) is 6.75. The molecule has 1 aliphatic heterocycles. The van der Waals surface area contributed by atoms with Crippen molar-refractivity contribution < 1.29 is 4.74 Å². The van der Waals surface area contributed by atoms with Crippen LogP contribution in [0.1, 0.15) is 51.5 Å². The highest BCUT2D eigenvalue weighted by Gasteiger charge is 2.32. The number of ether oxygens (including phenoxy) is 1. The zero-order chi connectivity index (χ0) is 14.8. The lowest BCUT2D eigenvalue weighted by Gasteiger charge is -2.37. The lowest BCUT2D eigenvalue weighted by Crippen LogP contribution is -2.35. The van der Waals surface area contributed by atoms with Crippen molar-refractivity contribution in [3.63, 3.8) is 0 Å². The van der Waals surface area contributed by atoms with Crippen LogP contribution >= 0.6 is 11.8 Å². The first-order valence-corrected chi connectivity index (χ1v) is 9.47. The van der Waals surface area contributed by atoms with Crippen LogP contribution in [0.4, 0.5) is 0 Å². The van der Waals surface area contributed by atoms with E-state index in [9.17, 15) is 0 Å². The zero-order valence-corrected chi connectivity index (χ0v) is 14.4. The lowest BCUT2D eigenvalue weighted by molar-refractivity contribution is -0.0418. The number of fused-ring (bicyclic) bond motifs is 1. The third-order valence-corrected chi connectivity index (χ3v) is 6.52. The van der Waals surface area contributed by atoms with E-state index in [0.29, 0.717) is 12.0 Å². The number of hydrogen-bond acceptors (Lipinski definition) is 2. The van der Waals surface area contributed by atoms with Crippen molar-refractivity contribution >= 4 is 11.8 Å². The lowest BCUT2D eigenvalue weighted by atomic mass is 9.75. The minimum absolute atomic E-state index is 0.478. The highest BCUT2D eigenvalue weighted by molar-refractivity contribution is 7.99. The maximum atomic E-state index is 6.45. The molecule has 2 heteroatoms. The van der Waals surface area contributed by atoms with E-state index in [1.807, 2.05) is 11.8 Å². The molecule has 21 heavy (non-hydrogen) atoms. The van der Waals surface area contributed by atoms with Crippen molar-refractivity contribution in [1.82, 2.24) is 0 Å². The molecule has 1 nitrogen and oxygen atoms in total. The van der Waals surface area contributed by atoms with E-state index < -0.39 is 0 Å². The van der Waals surface area contributed by atoms with Gasteiger partial charge in [0.2, 0.25) is 0 Å². The molecule has 1 heterocycles. The van der Waals surface area contributed by atoms with Crippen molar-refractivity contribution in [1.29, 1.82) is 0 Å². The Bertz CT molecular complexity index is 470. The minimum atomic E-state index is 0.478. The van der Waals surface area contributed by atoms with Crippen LogP contribution in [0.15, 0.2) is 29.2 Å². The summed E-state index contributed by atoms with van der Waals surface area (Å²) >= 11 is 1.99. The molecule has 0 aromatic heterocycles. The minimum Gasteiger partial charge on any atom is -0.377 e. The molecule has 4 unspecified atom stereocenters. The third-order valence-electron chi connectivity index (χ3n) is 5.27. The Kier molecular flexibility index (Phi) is 4.96. The molecule has 1 aromatic carbocycles. The topological polar surface area (TPSA) is 9.23 Å². The Morgan fingerprint density at radius 1 is 1.24 bits per heavy atom. The van der Waals surface area contributed by atoms with Crippen LogP contribution in [0.2, 0.25) is 0 Å². The van der Waals surface area contributed by atoms with Gasteiger partial charge in [-0.05, 0) is 42.2 Å². The molecule has 1 saturated carbocycles. The molecule has 0 N–H and O–H groups in total. The standard InChI is InChI=1S/C19H28OS/c1-13(2)16-9-8-14(3)10-18(16)20-11-15-12-21-19-7-5-4-6-17(15)19/h4-7,13-16,18H,8-12H2,1-3H3. The average Bonchev–Trinajstić information content (AvgIpc) is 2.88. The summed E-state index contributed by atoms with van der Waals surface area (Å²) in [6.45, 7) is 8.01. The Balaban J connectivity index is 1.61. The third kappa shape index (κ3) is 3.48. The van der Waals surface area contributed by atoms with Crippen molar-refractivity contribution in [3.05, 3.63) is 29.8 Å². The predicted molar refractivity (Wildman–Crippen MR) is 91.0 cm³/mol. The number of thioether (sulfide) groups is 1. The van der Waals surface area contributed by atoms with Crippen molar-refractivity contribution in [2.45, 2.75) is 57.0 Å². The van der Waals surface area contributed by atoms with Gasteiger partial charge in [0.25, 0.3) is 0 Å². The van der Waals surface area contributed by atoms with Crippen molar-refractivity contribution in [3.8, 4) is 0 Å². The maximum Gasteiger partial charge on any atom is 0.0608 e. The summed E-state index contributed by atoms with van der Waals surface area (Å²) < 4.78 is 6.45. The molecule has 1 aliphatic carbocycles. The SMILES string of the molecule is CC1CCC(C(C)C)C(OCC2CSc3ccccc32)C1. The molecule has 116 valence electrons. The number of benzene rings is 1. The second-order valence-electron chi connectivity index (χ2n) is 7.24. The highest BCUT2D eigenvalue weighted by Crippen LogP contribution is 2.41. The highest BCUT2D eigenvalue weighted by atomic mass is 32.2. The van der Waals surface area contributed by atoms with Gasteiger partial charge >= 0.3 is 0 Å². The summed E-state index contributed by atoms with van der Waals surface area (Å²) in [6, 6.07) is 8.84. The molecule has 0 radical (unpaired) electrons. The predicted octanol–water partition coefficient (Wildman–Crippen LogP) is 5.35. The molecule has 0 spiro atoms. The van der Waals surface area contributed by atoms with E-state index in [2.05, 4.69) is 45.0 Å². The molecule has 1 aromatic rings. The largest absolute Gasteiger partial charge is 0.377 e. The monoisotopic (exact) mass is 304 g/mol. The molecule has 0 amide bonds. The summed E-state index contributed by atoms with van der Waals surface area (Å²) in [6.07, 6.45) is 4.46. The van der Waals surface area contributed by atoms with Crippen LogP contribution in [-0.4, -0.2) is 18.5 Å². The van der Waals surface area contributed by atoms with Crippen LogP contribution < -0.4 is 0 Å². The van der Waals surface area contributed by atoms with E-state index >= 15 is 0 Å². The molecular weight excluding hydrogens is 276 g/mol. The van der Waals surface area contributed by atoms with Gasteiger partial charge in [0.05, 0.1) is 12.7 Å². The summed E-state index contributed by atoms with van der Waals surface area (Å²) in [5.41, 5.74) is 1.51. The van der Waals surface area contributed by atoms with Gasteiger partial charge in [-0.15, -0.1) is 11.8 Å². The van der Waals surface area contributed by atoms with Gasteiger partial charge in [-0.3, -0.25) is 0 Å². The average molecular weight is 304 g/mol. The van der Waals surface area contributed by atoms with Crippen LogP contribution in [0.5, 0.6) is 0 Å². The van der Waals surface area contributed by atoms with Crippen molar-refractivity contribution in [2.24, 2.45) is 17.8 Å². The van der Waals surface area contributed by atoms with Crippen LogP contribution in [-0.2, 0) is 4.74 Å². The Hall–Kier alpha value is -0.470. The number of hydrogen-bond donors (Lipinski definition) is 0. The molecule has 0 bridgehead atoms. The summed E-state index contributed by atoms with van der Waals surface area (Å²) in [4.78, 5) is 1.46. The van der Waals surface area contributed by atoms with Crippen molar-refractivity contribution in [2.75, 3.05) is 12.4 Å². The summed E-state index contributed by atoms with van der Waals surface area (Å²) in [7, 11) is 0. The van der Waals surface area contributed by atoms with Crippen LogP contribution in [0.25, 0.3) is 0 Å². The van der Waals surface area contributed by atoms with E-state index in [1.54, 1.807) is 0 Å². The van der Waals surface area contributed by atoms with Crippen LogP contribution in [0, 0.1) is 17.8 Å². The Morgan fingerprint density at radius 3 is 2.86 bits per heavy atom. The normalized spacial score (nSPS) is 32.4. The first-order chi connectivity index (χ1) is 10.1. The molecule has 4 atom stereocenters. The summed E-state index contributed by atoms with van der Waals surface area (Å²) in [5.74, 6) is 4.11. The molecule has 1 fully saturated rings. The van der Waals surface area contributed by atoms with E-state index in [1.165, 1.54) is 35.5 Å². The van der Waals surface area contributed by atoms with Gasteiger partial charge in [-0.25, -0.2) is 0 Å². The van der Waals surface area contributed by atoms with Crippen LogP contribution in [0.3, 0.4) is 0 Å². The second-order valence-corrected chi connectivity index (χ2v) is 8.31. The van der Waals surface area contributed by atoms with Gasteiger partial charge in [0.1, 0.15) is 0 Å². The maximum absolute atomic E-state index is 6.45. The van der Waals surface area contributed by atoms with Gasteiger partial charge in [-0.1, -0.05) is 45.4 Å². The molecular formula is C19H28OS. The molecule has 3 rings (SSSR count). The first kappa shape index (κ1) is 15.4. The van der Waals surface area contributed by atoms with E-state index in [-0.39, 0.29) is 0 Å². The molecule has 2 aliphatic rings. The van der Waals surface area contributed by atoms with Gasteiger partial charge in [0, 0.05) is 16.6 Å². The van der Waals surface area contributed by atoms with E-state index in [0.717, 1.165) is 24.4 Å². The van der Waals surface area contributed by atoms with Gasteiger partial charge in [0.15, 0.2) is 0 Å². The Morgan fingerprint density at radius 2 is 2.05 bits per heavy atom. The fourth-order valence-corrected chi connectivity index (χ4v) is 5.15.